The van der Waals surface area contributed by atoms with Crippen LogP contribution in [0.5, 0.6) is 103 Å². The summed E-state index contributed by atoms with van der Waals surface area (Å²) in [4.78, 5) is 91.8. The van der Waals surface area contributed by atoms with Gasteiger partial charge < -0.3 is 125 Å². The summed E-state index contributed by atoms with van der Waals surface area (Å²) in [5, 5.41) is 202. The van der Waals surface area contributed by atoms with Gasteiger partial charge in [0.1, 0.15) is 29.8 Å². The number of phenols is 16. The van der Waals surface area contributed by atoms with E-state index >= 15 is 24.0 Å². The summed E-state index contributed by atoms with van der Waals surface area (Å²) in [5.74, 6) is -41.3. The number of aliphatic hydroxyl groups excluding tert-OH is 2. The number of aliphatic hydroxyl groups is 2. The van der Waals surface area contributed by atoms with E-state index in [4.69, 9.17) is 33.2 Å². The van der Waals surface area contributed by atoms with Gasteiger partial charge in [-0.25, -0.2) is 19.2 Å². The van der Waals surface area contributed by atoms with E-state index in [2.05, 4.69) is 0 Å². The first kappa shape index (κ1) is 53.5. The second-order valence-electron chi connectivity index (χ2n) is 20.6. The maximum Gasteiger partial charge on any atom is 0.340 e. The molecule has 8 aliphatic rings. The Morgan fingerprint density at radius 3 is 1.52 bits per heavy atom. The van der Waals surface area contributed by atoms with Crippen LogP contribution in [0.2, 0.25) is 0 Å². The Morgan fingerprint density at radius 1 is 0.442 bits per heavy atom. The third kappa shape index (κ3) is 6.80. The molecule has 31 nitrogen and oxygen atoms in total. The van der Waals surface area contributed by atoms with E-state index in [1.165, 1.54) is 0 Å². The van der Waals surface area contributed by atoms with Gasteiger partial charge in [-0.15, -0.1) is 0 Å². The Balaban J connectivity index is 1.15. The number of aromatic hydroxyl groups is 16. The van der Waals surface area contributed by atoms with Crippen LogP contribution in [0.3, 0.4) is 0 Å². The molecular weight excluding hydrogens is 1160 g/mol. The van der Waals surface area contributed by atoms with Gasteiger partial charge in [0.25, 0.3) is 0 Å². The Bertz CT molecular complexity index is 4270. The number of rotatable bonds is 1. The number of hydrogen-bond acceptors (Lipinski definition) is 31. The summed E-state index contributed by atoms with van der Waals surface area (Å²) >= 11 is 0. The third-order valence-electron chi connectivity index (χ3n) is 16.2. The van der Waals surface area contributed by atoms with Crippen molar-refractivity contribution >= 4 is 41.2 Å². The number of esters is 5. The number of carbonyl (C=O) groups is 6. The van der Waals surface area contributed by atoms with Gasteiger partial charge in [0.15, 0.2) is 99.5 Å². The standard InChI is InChI=1S/C55H36O31/c56-14-7-21-26(45-10(14)3-20(62)44(82-45)9-1-15(57)33(63)16(58)2-9)31-47-48-46-22(8-80-50(75)11-4-17(59)34(64)37(67)23(11)24-12(52(77)83-46)5-18(60)35(65)38(24)68)81-51(76)13-6-19(61)36(66)39(69)25(13)27-29(53(78)85-48)28(41(71)43(73)40(27)70)30-32(54(79)84-47)55(31,86-21)49(74)42(30)72/h1-2,4-7,20,22,31-32,44,46-48,56-73H,3,8H2/t20-,22-,31+,32-,44+,46+,47+,48-,55-/m0/s1. The molecule has 7 heterocycles. The van der Waals surface area contributed by atoms with E-state index in [9.17, 15) is 96.7 Å². The second kappa shape index (κ2) is 17.6. The molecule has 86 heavy (non-hydrogen) atoms. The van der Waals surface area contributed by atoms with E-state index in [0.29, 0.717) is 18.2 Å². The van der Waals surface area contributed by atoms with Crippen molar-refractivity contribution in [2.24, 2.45) is 5.92 Å². The first-order valence-electron chi connectivity index (χ1n) is 24.9. The maximum absolute atomic E-state index is 15.8. The summed E-state index contributed by atoms with van der Waals surface area (Å²) < 4.78 is 42.6. The van der Waals surface area contributed by atoms with Crippen LogP contribution in [0.15, 0.2) is 42.2 Å². The lowest BCUT2D eigenvalue weighted by Gasteiger charge is -2.47. The van der Waals surface area contributed by atoms with Crippen molar-refractivity contribution in [1.82, 2.24) is 0 Å². The van der Waals surface area contributed by atoms with Crippen molar-refractivity contribution in [1.29, 1.82) is 0 Å². The lowest BCUT2D eigenvalue weighted by atomic mass is 9.66. The van der Waals surface area contributed by atoms with Gasteiger partial charge in [-0.05, 0) is 30.3 Å². The highest BCUT2D eigenvalue weighted by molar-refractivity contribution is 6.22. The monoisotopic (exact) mass is 1190 g/mol. The molecule has 0 saturated carbocycles. The van der Waals surface area contributed by atoms with Gasteiger partial charge in [0.05, 0.1) is 34.3 Å². The minimum Gasteiger partial charge on any atom is -0.507 e. The second-order valence-corrected chi connectivity index (χ2v) is 20.6. The first-order chi connectivity index (χ1) is 40.6. The zero-order valence-electron chi connectivity index (χ0n) is 42.4. The summed E-state index contributed by atoms with van der Waals surface area (Å²) in [7, 11) is 0. The number of hydrogen-bond donors (Lipinski definition) is 18. The highest BCUT2D eigenvalue weighted by atomic mass is 16.6. The predicted octanol–water partition coefficient (Wildman–Crippen LogP) is 2.13. The van der Waals surface area contributed by atoms with Crippen molar-refractivity contribution in [2.45, 2.75) is 54.6 Å². The first-order valence-corrected chi connectivity index (χ1v) is 24.9. The molecule has 1 fully saturated rings. The van der Waals surface area contributed by atoms with Crippen LogP contribution in [-0.2, 0) is 39.7 Å². The molecule has 1 aliphatic carbocycles. The largest absolute Gasteiger partial charge is 0.507 e. The highest BCUT2D eigenvalue weighted by Crippen LogP contribution is 2.68. The van der Waals surface area contributed by atoms with Gasteiger partial charge in [0.2, 0.25) is 34.4 Å². The molecule has 1 saturated heterocycles. The molecular formula is C55H36O31. The number of carbonyl (C=O) groups excluding carboxylic acids is 6. The molecule has 9 atom stereocenters. The van der Waals surface area contributed by atoms with Crippen LogP contribution in [-0.4, -0.2) is 170 Å². The number of cyclic esters (lactones) is 1. The Morgan fingerprint density at radius 2 is 0.942 bits per heavy atom. The van der Waals surface area contributed by atoms with Gasteiger partial charge in [-0.3, -0.25) is 9.59 Å². The maximum atomic E-state index is 15.8. The molecule has 6 aromatic rings. The molecule has 18 N–H and O–H groups in total. The molecule has 31 heteroatoms. The molecule has 0 radical (unpaired) electrons. The topological polar surface area (TPSA) is 531 Å². The quantitative estimate of drug-likeness (QED) is 0.0637. The van der Waals surface area contributed by atoms with Crippen molar-refractivity contribution in [3.8, 4) is 126 Å². The summed E-state index contributed by atoms with van der Waals surface area (Å²) in [6.45, 7) is -1.59. The fraction of sp³-hybridized carbons (Fsp3) is 0.200. The van der Waals surface area contributed by atoms with E-state index in [0.717, 1.165) is 18.2 Å². The molecule has 442 valence electrons. The molecule has 6 aromatic carbocycles. The minimum absolute atomic E-state index is 0.286. The smallest absolute Gasteiger partial charge is 0.340 e. The van der Waals surface area contributed by atoms with Crippen molar-refractivity contribution in [2.75, 3.05) is 6.61 Å². The number of Topliss-reactive ketones (excluding diaryl/α,β-unsaturated/α-hetero) is 1. The lowest BCUT2D eigenvalue weighted by Crippen LogP contribution is -2.65. The van der Waals surface area contributed by atoms with Gasteiger partial charge in [0, 0.05) is 62.6 Å². The van der Waals surface area contributed by atoms with E-state index in [1.807, 2.05) is 0 Å². The zero-order chi connectivity index (χ0) is 61.7. The fourth-order valence-corrected chi connectivity index (χ4v) is 12.4. The summed E-state index contributed by atoms with van der Waals surface area (Å²) in [5.41, 5.74) is -17.2. The Labute approximate surface area is 473 Å². The zero-order valence-corrected chi connectivity index (χ0v) is 42.4. The van der Waals surface area contributed by atoms with E-state index in [1.54, 1.807) is 0 Å². The molecule has 0 aromatic heterocycles. The number of ether oxygens (including phenoxy) is 7. The van der Waals surface area contributed by atoms with E-state index in [-0.39, 0.29) is 11.1 Å². The number of ketones is 1. The minimum atomic E-state index is -3.18. The van der Waals surface area contributed by atoms with Crippen LogP contribution >= 0.6 is 0 Å². The molecule has 14 rings (SSSR count). The van der Waals surface area contributed by atoms with Gasteiger partial charge in [-0.2, -0.15) is 0 Å². The van der Waals surface area contributed by atoms with Crippen molar-refractivity contribution in [3.05, 3.63) is 86.7 Å². The number of benzene rings is 6. The molecule has 7 aliphatic heterocycles. The van der Waals surface area contributed by atoms with Crippen LogP contribution < -0.4 is 9.47 Å². The SMILES string of the molecule is O=C1OC[C@@H]2OC(=O)c3cc(O)c(O)c(O)c3-c3c(O)c(O)c(O)c4c3C(=O)O[C@@H]([C@@H]2OC(=O)c2cc(O)c(O)c(O)c2-c2c1cc(O)c(O)c2O)[C@@H]1OC(=O)[C@@H]2C4=C(O)C(=O)[C@@]23Oc2cc(O)c4c(c2[C@H]13)O[C@H](c1cc(O)c(O)c(O)c1)[C@@H](O)C4. The normalized spacial score (nSPS) is 24.9. The average molecular weight is 1190 g/mol. The third-order valence-corrected chi connectivity index (χ3v) is 16.2. The van der Waals surface area contributed by atoms with Gasteiger partial charge >= 0.3 is 29.8 Å². The van der Waals surface area contributed by atoms with Crippen molar-refractivity contribution in [3.63, 3.8) is 0 Å². The number of fused-ring (bicyclic) bond motifs is 10. The molecule has 6 bridgehead atoms. The number of phenolic OH excluding ortho intramolecular Hbond substituents is 16. The van der Waals surface area contributed by atoms with Crippen LogP contribution in [0, 0.1) is 5.92 Å². The average Bonchev–Trinajstić information content (AvgIpc) is 1.49. The van der Waals surface area contributed by atoms with Crippen molar-refractivity contribution < 1.29 is 154 Å². The Kier molecular flexibility index (Phi) is 11.0. The van der Waals surface area contributed by atoms with Crippen LogP contribution in [0.1, 0.15) is 75.7 Å². The van der Waals surface area contributed by atoms with Crippen LogP contribution in [0.25, 0.3) is 27.8 Å². The summed E-state index contributed by atoms with van der Waals surface area (Å²) in [6, 6.07) is 3.55. The molecule has 1 spiro atoms. The van der Waals surface area contributed by atoms with Crippen LogP contribution in [0.4, 0.5) is 0 Å². The molecule has 0 amide bonds. The summed E-state index contributed by atoms with van der Waals surface area (Å²) in [6.07, 6.45) is -15.4. The van der Waals surface area contributed by atoms with E-state index < -0.39 is 273 Å². The Hall–Kier alpha value is -11.8. The predicted molar refractivity (Wildman–Crippen MR) is 268 cm³/mol. The lowest BCUT2D eigenvalue weighted by molar-refractivity contribution is -0.200. The van der Waals surface area contributed by atoms with Gasteiger partial charge in [-0.1, -0.05) is 0 Å². The molecule has 0 unspecified atom stereocenters. The fourth-order valence-electron chi connectivity index (χ4n) is 12.4. The highest BCUT2D eigenvalue weighted by Gasteiger charge is 2.76.